The molecule has 0 saturated heterocycles. The largest absolute Gasteiger partial charge is 0.478 e. The second kappa shape index (κ2) is 12.1. The highest BCUT2D eigenvalue weighted by Gasteiger charge is 2.24. The number of hydrogen-bond donors (Lipinski definition) is 3. The molecule has 4 rings (SSSR count). The summed E-state index contributed by atoms with van der Waals surface area (Å²) >= 11 is 7.33. The Labute approximate surface area is 219 Å². The molecular weight excluding hydrogens is 496 g/mol. The number of hydrogen-bond acceptors (Lipinski definition) is 4. The van der Waals surface area contributed by atoms with Gasteiger partial charge >= 0.3 is 5.97 Å². The van der Waals surface area contributed by atoms with Crippen molar-refractivity contribution in [1.29, 1.82) is 0 Å². The monoisotopic (exact) mass is 522 g/mol. The first-order chi connectivity index (χ1) is 17.4. The van der Waals surface area contributed by atoms with E-state index in [-0.39, 0.29) is 28.3 Å². The number of carbonyl (C=O) groups excluding carboxylic acids is 2. The van der Waals surface area contributed by atoms with Gasteiger partial charge in [-0.15, -0.1) is 11.8 Å². The van der Waals surface area contributed by atoms with Gasteiger partial charge in [-0.1, -0.05) is 61.2 Å². The Hall–Kier alpha value is -3.29. The molecular formula is C28H27ClN2O4S. The van der Waals surface area contributed by atoms with Crippen molar-refractivity contribution in [3.8, 4) is 0 Å². The zero-order valence-electron chi connectivity index (χ0n) is 19.6. The summed E-state index contributed by atoms with van der Waals surface area (Å²) in [7, 11) is 0. The molecule has 8 heteroatoms. The lowest BCUT2D eigenvalue weighted by molar-refractivity contribution is -0.120. The molecule has 0 aromatic heterocycles. The van der Waals surface area contributed by atoms with E-state index in [9.17, 15) is 19.5 Å². The van der Waals surface area contributed by atoms with Crippen LogP contribution < -0.4 is 10.6 Å². The average molecular weight is 523 g/mol. The normalized spacial score (nSPS) is 14.6. The Balaban J connectivity index is 1.48. The van der Waals surface area contributed by atoms with Crippen LogP contribution in [0.3, 0.4) is 0 Å². The van der Waals surface area contributed by atoms with Crippen LogP contribution in [0.5, 0.6) is 0 Å². The average Bonchev–Trinajstić information content (AvgIpc) is 2.90. The van der Waals surface area contributed by atoms with Gasteiger partial charge in [0.25, 0.3) is 0 Å². The van der Waals surface area contributed by atoms with E-state index in [2.05, 4.69) is 10.6 Å². The van der Waals surface area contributed by atoms with Crippen LogP contribution in [0.25, 0.3) is 0 Å². The van der Waals surface area contributed by atoms with Crippen molar-refractivity contribution in [2.24, 2.45) is 5.92 Å². The summed E-state index contributed by atoms with van der Waals surface area (Å²) in [6, 6.07) is 21.2. The zero-order valence-corrected chi connectivity index (χ0v) is 21.1. The van der Waals surface area contributed by atoms with Crippen LogP contribution in [-0.4, -0.2) is 22.9 Å². The van der Waals surface area contributed by atoms with E-state index in [4.69, 9.17) is 11.6 Å². The summed E-state index contributed by atoms with van der Waals surface area (Å²) in [4.78, 5) is 38.1. The minimum absolute atomic E-state index is 0.0698. The number of carboxylic acids is 1. The highest BCUT2D eigenvalue weighted by Crippen LogP contribution is 2.37. The summed E-state index contributed by atoms with van der Waals surface area (Å²) in [6.45, 7) is 0. The Bertz CT molecular complexity index is 1230. The molecule has 1 saturated carbocycles. The molecule has 3 aromatic rings. The van der Waals surface area contributed by atoms with Gasteiger partial charge in [-0.05, 0) is 60.9 Å². The molecule has 0 radical (unpaired) electrons. The number of rotatable bonds is 8. The maximum atomic E-state index is 13.3. The van der Waals surface area contributed by atoms with E-state index in [0.717, 1.165) is 41.8 Å². The van der Waals surface area contributed by atoms with Crippen molar-refractivity contribution < 1.29 is 19.5 Å². The number of carbonyl (C=O) groups is 3. The van der Waals surface area contributed by atoms with Gasteiger partial charge in [0.15, 0.2) is 0 Å². The van der Waals surface area contributed by atoms with E-state index < -0.39 is 11.2 Å². The number of anilines is 2. The van der Waals surface area contributed by atoms with Crippen molar-refractivity contribution >= 4 is 52.5 Å². The van der Waals surface area contributed by atoms with Gasteiger partial charge in [0.1, 0.15) is 5.25 Å². The van der Waals surface area contributed by atoms with E-state index in [1.165, 1.54) is 30.3 Å². The van der Waals surface area contributed by atoms with E-state index in [1.807, 2.05) is 54.6 Å². The number of halogens is 1. The molecule has 0 spiro atoms. The van der Waals surface area contributed by atoms with Crippen LogP contribution in [0.1, 0.15) is 53.3 Å². The SMILES string of the molecule is O=C(O)c1cc(NC(=O)C(Sc2ccc(NC(=O)C3CCCCC3)cc2)c2ccccc2)ccc1Cl. The standard InChI is InChI=1S/C28H27ClN2O4S/c29-24-16-13-21(17-23(24)28(34)35)31-27(33)25(18-7-3-1-4-8-18)36-22-14-11-20(12-15-22)30-26(32)19-9-5-2-6-10-19/h1,3-4,7-8,11-17,19,25H,2,5-6,9-10H2,(H,30,32)(H,31,33)(H,34,35). The molecule has 3 N–H and O–H groups in total. The molecule has 6 nitrogen and oxygen atoms in total. The Morgan fingerprint density at radius 3 is 2.19 bits per heavy atom. The fraction of sp³-hybridized carbons (Fsp3) is 0.250. The third-order valence-electron chi connectivity index (χ3n) is 6.16. The van der Waals surface area contributed by atoms with Crippen LogP contribution in [0.15, 0.2) is 77.7 Å². The van der Waals surface area contributed by atoms with Crippen LogP contribution in [0.4, 0.5) is 11.4 Å². The van der Waals surface area contributed by atoms with Gasteiger partial charge in [-0.25, -0.2) is 4.79 Å². The zero-order chi connectivity index (χ0) is 25.5. The quantitative estimate of drug-likeness (QED) is 0.276. The molecule has 1 atom stereocenters. The molecule has 2 amide bonds. The first kappa shape index (κ1) is 25.8. The maximum absolute atomic E-state index is 13.3. The van der Waals surface area contributed by atoms with E-state index >= 15 is 0 Å². The smallest absolute Gasteiger partial charge is 0.337 e. The molecule has 1 aliphatic carbocycles. The minimum Gasteiger partial charge on any atom is -0.478 e. The highest BCUT2D eigenvalue weighted by molar-refractivity contribution is 8.00. The summed E-state index contributed by atoms with van der Waals surface area (Å²) in [5.74, 6) is -1.31. The highest BCUT2D eigenvalue weighted by atomic mass is 35.5. The van der Waals surface area contributed by atoms with Gasteiger partial charge in [0.2, 0.25) is 11.8 Å². The van der Waals surface area contributed by atoms with Gasteiger partial charge in [0.05, 0.1) is 10.6 Å². The molecule has 186 valence electrons. The second-order valence-electron chi connectivity index (χ2n) is 8.75. The fourth-order valence-electron chi connectivity index (χ4n) is 4.24. The van der Waals surface area contributed by atoms with Gasteiger partial charge in [-0.2, -0.15) is 0 Å². The third-order valence-corrected chi connectivity index (χ3v) is 7.75. The van der Waals surface area contributed by atoms with E-state index in [1.54, 1.807) is 6.07 Å². The predicted molar refractivity (Wildman–Crippen MR) is 144 cm³/mol. The number of aromatic carboxylic acids is 1. The molecule has 3 aromatic carbocycles. The number of amides is 2. The Morgan fingerprint density at radius 2 is 1.53 bits per heavy atom. The van der Waals surface area contributed by atoms with Gasteiger partial charge < -0.3 is 15.7 Å². The second-order valence-corrected chi connectivity index (χ2v) is 10.3. The lowest BCUT2D eigenvalue weighted by Crippen LogP contribution is -2.24. The van der Waals surface area contributed by atoms with Crippen molar-refractivity contribution in [2.45, 2.75) is 42.2 Å². The summed E-state index contributed by atoms with van der Waals surface area (Å²) in [5, 5.41) is 14.7. The predicted octanol–water partition coefficient (Wildman–Crippen LogP) is 7.03. The fourth-order valence-corrected chi connectivity index (χ4v) is 5.46. The lowest BCUT2D eigenvalue weighted by atomic mass is 9.88. The van der Waals surface area contributed by atoms with Crippen molar-refractivity contribution in [3.05, 3.63) is 88.9 Å². The number of benzene rings is 3. The minimum atomic E-state index is -1.17. The van der Waals surface area contributed by atoms with Gasteiger partial charge in [0, 0.05) is 22.2 Å². The molecule has 1 unspecified atom stereocenters. The topological polar surface area (TPSA) is 95.5 Å². The summed E-state index contributed by atoms with van der Waals surface area (Å²) < 4.78 is 0. The molecule has 1 aliphatic rings. The lowest BCUT2D eigenvalue weighted by Gasteiger charge is -2.21. The summed E-state index contributed by atoms with van der Waals surface area (Å²) in [6.07, 6.45) is 5.28. The molecule has 0 bridgehead atoms. The molecule has 0 aliphatic heterocycles. The number of nitrogens with one attached hydrogen (secondary N) is 2. The van der Waals surface area contributed by atoms with Gasteiger partial charge in [-0.3, -0.25) is 9.59 Å². The molecule has 36 heavy (non-hydrogen) atoms. The maximum Gasteiger partial charge on any atom is 0.337 e. The Morgan fingerprint density at radius 1 is 0.861 bits per heavy atom. The first-order valence-electron chi connectivity index (χ1n) is 11.9. The molecule has 1 fully saturated rings. The van der Waals surface area contributed by atoms with E-state index in [0.29, 0.717) is 5.69 Å². The third kappa shape index (κ3) is 6.68. The summed E-state index contributed by atoms with van der Waals surface area (Å²) in [5.41, 5.74) is 1.81. The van der Waals surface area contributed by atoms with Crippen molar-refractivity contribution in [3.63, 3.8) is 0 Å². The van der Waals surface area contributed by atoms with Crippen LogP contribution in [-0.2, 0) is 9.59 Å². The van der Waals surface area contributed by atoms with Crippen molar-refractivity contribution in [1.82, 2.24) is 0 Å². The van der Waals surface area contributed by atoms with Crippen LogP contribution in [0.2, 0.25) is 5.02 Å². The van der Waals surface area contributed by atoms with Crippen LogP contribution >= 0.6 is 23.4 Å². The first-order valence-corrected chi connectivity index (χ1v) is 13.1. The Kier molecular flexibility index (Phi) is 8.67. The van der Waals surface area contributed by atoms with Crippen molar-refractivity contribution in [2.75, 3.05) is 10.6 Å². The number of carboxylic acid groups (broad SMARTS) is 1. The molecule has 0 heterocycles. The van der Waals surface area contributed by atoms with Crippen LogP contribution in [0, 0.1) is 5.92 Å². The number of thioether (sulfide) groups is 1.